The third kappa shape index (κ3) is 3.88. The molecule has 1 unspecified atom stereocenters. The van der Waals surface area contributed by atoms with E-state index in [1.54, 1.807) is 4.68 Å². The highest BCUT2D eigenvalue weighted by Crippen LogP contribution is 2.22. The van der Waals surface area contributed by atoms with E-state index in [0.29, 0.717) is 24.7 Å². The molecule has 2 aromatic carbocycles. The van der Waals surface area contributed by atoms with Crippen molar-refractivity contribution < 1.29 is 4.79 Å². The van der Waals surface area contributed by atoms with Gasteiger partial charge in [-0.05, 0) is 55.8 Å². The van der Waals surface area contributed by atoms with Gasteiger partial charge in [-0.3, -0.25) is 14.7 Å². The van der Waals surface area contributed by atoms with Crippen molar-refractivity contribution in [2.75, 3.05) is 19.6 Å². The van der Waals surface area contributed by atoms with Crippen LogP contribution in [-0.2, 0) is 6.54 Å². The standard InChI is InChI=1S/C24H26N6O/c1-2-29-13-5-7-20(29)15-26-24(31)17-9-11-19(12-10-17)30-16-22(27-28-30)23-21-8-4-3-6-18(21)14-25-23/h3-4,6,8-12,16,20H,2,5,7,13-15H2,1H3,(H,26,31). The number of carbonyl (C=O) groups excluding carboxylic acids is 1. The lowest BCUT2D eigenvalue weighted by atomic mass is 10.0. The van der Waals surface area contributed by atoms with Crippen LogP contribution in [0.4, 0.5) is 0 Å². The molecule has 2 aliphatic rings. The van der Waals surface area contributed by atoms with Crippen LogP contribution in [0.1, 0.15) is 46.9 Å². The lowest BCUT2D eigenvalue weighted by Gasteiger charge is -2.22. The Morgan fingerprint density at radius 2 is 2.00 bits per heavy atom. The number of amides is 1. The van der Waals surface area contributed by atoms with Crippen LogP contribution in [0.5, 0.6) is 0 Å². The molecular weight excluding hydrogens is 388 g/mol. The van der Waals surface area contributed by atoms with Crippen LogP contribution in [0.3, 0.4) is 0 Å². The van der Waals surface area contributed by atoms with Gasteiger partial charge in [0.15, 0.2) is 0 Å². The Balaban J connectivity index is 1.25. The molecule has 3 aromatic rings. The second kappa shape index (κ2) is 8.43. The predicted molar refractivity (Wildman–Crippen MR) is 120 cm³/mol. The molecule has 1 amide bonds. The summed E-state index contributed by atoms with van der Waals surface area (Å²) in [5, 5.41) is 11.7. The van der Waals surface area contributed by atoms with Crippen molar-refractivity contribution in [1.29, 1.82) is 0 Å². The number of carbonyl (C=O) groups is 1. The number of nitrogens with zero attached hydrogens (tertiary/aromatic N) is 5. The maximum atomic E-state index is 12.6. The van der Waals surface area contributed by atoms with Crippen LogP contribution < -0.4 is 5.32 Å². The molecule has 2 aliphatic heterocycles. The number of aliphatic imine (C=N–C) groups is 1. The number of hydrogen-bond donors (Lipinski definition) is 1. The number of benzene rings is 2. The molecule has 0 aliphatic carbocycles. The Morgan fingerprint density at radius 3 is 2.84 bits per heavy atom. The van der Waals surface area contributed by atoms with Gasteiger partial charge in [-0.1, -0.05) is 36.4 Å². The predicted octanol–water partition coefficient (Wildman–Crippen LogP) is 2.83. The zero-order chi connectivity index (χ0) is 21.2. The average molecular weight is 415 g/mol. The quantitative estimate of drug-likeness (QED) is 0.673. The minimum absolute atomic E-state index is 0.0364. The normalized spacial score (nSPS) is 18.1. The number of likely N-dealkylation sites (N-methyl/N-ethyl adjacent to an activating group) is 1. The first kappa shape index (κ1) is 19.6. The van der Waals surface area contributed by atoms with Crippen LogP contribution in [-0.4, -0.2) is 57.2 Å². The average Bonchev–Trinajstić information content (AvgIpc) is 3.56. The van der Waals surface area contributed by atoms with E-state index in [-0.39, 0.29) is 5.91 Å². The molecule has 3 heterocycles. The molecule has 0 saturated carbocycles. The van der Waals surface area contributed by atoms with E-state index in [1.807, 2.05) is 42.6 Å². The highest BCUT2D eigenvalue weighted by Gasteiger charge is 2.23. The van der Waals surface area contributed by atoms with E-state index >= 15 is 0 Å². The Labute approximate surface area is 181 Å². The van der Waals surface area contributed by atoms with Crippen molar-refractivity contribution in [2.45, 2.75) is 32.4 Å². The zero-order valence-corrected chi connectivity index (χ0v) is 17.7. The van der Waals surface area contributed by atoms with Gasteiger partial charge < -0.3 is 5.32 Å². The summed E-state index contributed by atoms with van der Waals surface area (Å²) < 4.78 is 1.72. The molecule has 31 heavy (non-hydrogen) atoms. The Kier molecular flexibility index (Phi) is 5.34. The molecule has 0 radical (unpaired) electrons. The summed E-state index contributed by atoms with van der Waals surface area (Å²) in [6.07, 6.45) is 4.24. The smallest absolute Gasteiger partial charge is 0.251 e. The van der Waals surface area contributed by atoms with E-state index in [4.69, 9.17) is 0 Å². The summed E-state index contributed by atoms with van der Waals surface area (Å²) in [6.45, 7) is 5.72. The van der Waals surface area contributed by atoms with Gasteiger partial charge in [0, 0.05) is 23.7 Å². The molecule has 0 bridgehead atoms. The second-order valence-corrected chi connectivity index (χ2v) is 8.05. The third-order valence-electron chi connectivity index (χ3n) is 6.21. The molecule has 7 heteroatoms. The molecule has 158 valence electrons. The first-order valence-corrected chi connectivity index (χ1v) is 10.9. The maximum Gasteiger partial charge on any atom is 0.251 e. The van der Waals surface area contributed by atoms with Gasteiger partial charge in [-0.2, -0.15) is 0 Å². The minimum Gasteiger partial charge on any atom is -0.350 e. The fourth-order valence-electron chi connectivity index (χ4n) is 4.48. The summed E-state index contributed by atoms with van der Waals surface area (Å²) in [7, 11) is 0. The van der Waals surface area contributed by atoms with Crippen molar-refractivity contribution in [3.8, 4) is 5.69 Å². The molecule has 7 nitrogen and oxygen atoms in total. The highest BCUT2D eigenvalue weighted by atomic mass is 16.1. The highest BCUT2D eigenvalue weighted by molar-refractivity contribution is 6.13. The van der Waals surface area contributed by atoms with Gasteiger partial charge in [-0.25, -0.2) is 4.68 Å². The summed E-state index contributed by atoms with van der Waals surface area (Å²) in [4.78, 5) is 19.6. The van der Waals surface area contributed by atoms with Crippen molar-refractivity contribution in [2.24, 2.45) is 4.99 Å². The van der Waals surface area contributed by atoms with Crippen LogP contribution in [0.2, 0.25) is 0 Å². The van der Waals surface area contributed by atoms with Crippen LogP contribution in [0.25, 0.3) is 5.69 Å². The monoisotopic (exact) mass is 414 g/mol. The maximum absolute atomic E-state index is 12.6. The fourth-order valence-corrected chi connectivity index (χ4v) is 4.48. The molecule has 1 fully saturated rings. The molecule has 1 N–H and O–H groups in total. The Morgan fingerprint density at radius 1 is 1.16 bits per heavy atom. The number of aromatic nitrogens is 3. The second-order valence-electron chi connectivity index (χ2n) is 8.05. The van der Waals surface area contributed by atoms with Crippen molar-refractivity contribution in [3.63, 3.8) is 0 Å². The molecule has 1 aromatic heterocycles. The van der Waals surface area contributed by atoms with Crippen LogP contribution >= 0.6 is 0 Å². The third-order valence-corrected chi connectivity index (χ3v) is 6.21. The zero-order valence-electron chi connectivity index (χ0n) is 17.7. The van der Waals surface area contributed by atoms with Crippen molar-refractivity contribution in [1.82, 2.24) is 25.2 Å². The molecular formula is C24H26N6O. The van der Waals surface area contributed by atoms with Gasteiger partial charge in [-0.15, -0.1) is 5.10 Å². The molecule has 0 spiro atoms. The SMILES string of the molecule is CCN1CCCC1CNC(=O)c1ccc(-n2cc(C3=NCc4ccccc43)nn2)cc1. The molecule has 5 rings (SSSR count). The van der Waals surface area contributed by atoms with E-state index in [2.05, 4.69) is 44.6 Å². The summed E-state index contributed by atoms with van der Waals surface area (Å²) in [5.41, 5.74) is 5.47. The van der Waals surface area contributed by atoms with E-state index in [0.717, 1.165) is 42.2 Å². The van der Waals surface area contributed by atoms with Gasteiger partial charge >= 0.3 is 0 Å². The lowest BCUT2D eigenvalue weighted by molar-refractivity contribution is 0.0941. The molecule has 1 saturated heterocycles. The van der Waals surface area contributed by atoms with E-state index in [9.17, 15) is 4.79 Å². The lowest BCUT2D eigenvalue weighted by Crippen LogP contribution is -2.40. The first-order valence-electron chi connectivity index (χ1n) is 10.9. The number of fused-ring (bicyclic) bond motifs is 1. The molecule has 1 atom stereocenters. The van der Waals surface area contributed by atoms with Gasteiger partial charge in [0.1, 0.15) is 5.69 Å². The number of rotatable bonds is 6. The number of nitrogens with one attached hydrogen (secondary N) is 1. The first-order chi connectivity index (χ1) is 15.2. The van der Waals surface area contributed by atoms with Gasteiger partial charge in [0.05, 0.1) is 24.1 Å². The Bertz CT molecular complexity index is 1120. The van der Waals surface area contributed by atoms with E-state index in [1.165, 1.54) is 12.0 Å². The summed E-state index contributed by atoms with van der Waals surface area (Å²) in [6, 6.07) is 16.1. The topological polar surface area (TPSA) is 75.4 Å². The fraction of sp³-hybridized carbons (Fsp3) is 0.333. The van der Waals surface area contributed by atoms with Crippen LogP contribution in [0.15, 0.2) is 59.7 Å². The van der Waals surface area contributed by atoms with Crippen LogP contribution in [0, 0.1) is 0 Å². The number of hydrogen-bond acceptors (Lipinski definition) is 5. The Hall–Kier alpha value is -3.32. The van der Waals surface area contributed by atoms with Gasteiger partial charge in [0.2, 0.25) is 0 Å². The van der Waals surface area contributed by atoms with Gasteiger partial charge in [0.25, 0.3) is 5.91 Å². The minimum atomic E-state index is -0.0364. The summed E-state index contributed by atoms with van der Waals surface area (Å²) >= 11 is 0. The van der Waals surface area contributed by atoms with Crippen molar-refractivity contribution in [3.05, 3.63) is 77.1 Å². The largest absolute Gasteiger partial charge is 0.350 e. The van der Waals surface area contributed by atoms with Crippen molar-refractivity contribution >= 4 is 11.6 Å². The van der Waals surface area contributed by atoms with E-state index < -0.39 is 0 Å². The summed E-state index contributed by atoms with van der Waals surface area (Å²) in [5.74, 6) is -0.0364. The number of likely N-dealkylation sites (tertiary alicyclic amines) is 1.